The Kier molecular flexibility index (Phi) is 13.1. The van der Waals surface area contributed by atoms with Crippen LogP contribution in [0.25, 0.3) is 44.5 Å². The molecular weight excluding hydrogens is 795 g/mol. The van der Waals surface area contributed by atoms with Gasteiger partial charge in [0.25, 0.3) is 0 Å². The molecular formula is C65H55N. The quantitative estimate of drug-likeness (QED) is 0.105. The van der Waals surface area contributed by atoms with Crippen LogP contribution < -0.4 is 4.90 Å². The van der Waals surface area contributed by atoms with Crippen molar-refractivity contribution in [3.8, 4) is 33.4 Å². The number of benzene rings is 8. The molecule has 2 aliphatic rings. The SMILES string of the molecule is C1=CCCC(c2ccc(C(CCc3ccc(-c4ccc(N(c5ccc(-c6ccccc6)cc5)C5C=CC=C(c6ccccc6)C=C5)cc4)cc3)Cc3ccc(-c4ccccc4)cc3)cc2)=C1. The molecule has 0 saturated heterocycles. The molecule has 0 aromatic heterocycles. The summed E-state index contributed by atoms with van der Waals surface area (Å²) in [5.41, 5.74) is 19.0. The van der Waals surface area contributed by atoms with Crippen LogP contribution in [-0.2, 0) is 12.8 Å². The van der Waals surface area contributed by atoms with Gasteiger partial charge >= 0.3 is 0 Å². The first kappa shape index (κ1) is 42.2. The second-order valence-electron chi connectivity index (χ2n) is 17.5. The Labute approximate surface area is 391 Å². The molecule has 66 heavy (non-hydrogen) atoms. The van der Waals surface area contributed by atoms with Crippen LogP contribution in [0.4, 0.5) is 11.4 Å². The molecule has 1 nitrogen and oxygen atoms in total. The second kappa shape index (κ2) is 20.4. The topological polar surface area (TPSA) is 3.24 Å². The number of hydrogen-bond donors (Lipinski definition) is 0. The fraction of sp³-hybridized carbons (Fsp3) is 0.108. The molecule has 2 unspecified atom stereocenters. The molecule has 0 aliphatic heterocycles. The second-order valence-corrected chi connectivity index (χ2v) is 17.5. The fourth-order valence-electron chi connectivity index (χ4n) is 9.50. The first-order valence-electron chi connectivity index (χ1n) is 23.6. The van der Waals surface area contributed by atoms with Gasteiger partial charge in [0.1, 0.15) is 0 Å². The van der Waals surface area contributed by atoms with Gasteiger partial charge in [-0.05, 0) is 135 Å². The van der Waals surface area contributed by atoms with Crippen molar-refractivity contribution in [1.29, 1.82) is 0 Å². The van der Waals surface area contributed by atoms with Gasteiger partial charge in [-0.15, -0.1) is 0 Å². The maximum atomic E-state index is 2.43. The Bertz CT molecular complexity index is 2970. The number of rotatable bonds is 14. The molecule has 0 saturated carbocycles. The van der Waals surface area contributed by atoms with Crippen molar-refractivity contribution >= 4 is 22.5 Å². The molecule has 0 N–H and O–H groups in total. The lowest BCUT2D eigenvalue weighted by molar-refractivity contribution is 0.621. The Morgan fingerprint density at radius 1 is 0.424 bits per heavy atom. The highest BCUT2D eigenvalue weighted by Crippen LogP contribution is 2.35. The monoisotopic (exact) mass is 849 g/mol. The highest BCUT2D eigenvalue weighted by molar-refractivity contribution is 5.78. The Morgan fingerprint density at radius 2 is 0.909 bits per heavy atom. The average Bonchev–Trinajstić information content (AvgIpc) is 3.66. The molecule has 0 radical (unpaired) electrons. The molecule has 0 heterocycles. The molecule has 0 spiro atoms. The fourth-order valence-corrected chi connectivity index (χ4v) is 9.50. The van der Waals surface area contributed by atoms with Crippen molar-refractivity contribution in [2.75, 3.05) is 4.90 Å². The Balaban J connectivity index is 0.866. The van der Waals surface area contributed by atoms with E-state index in [0.29, 0.717) is 5.92 Å². The average molecular weight is 850 g/mol. The Hall–Kier alpha value is -7.74. The van der Waals surface area contributed by atoms with E-state index in [9.17, 15) is 0 Å². The Morgan fingerprint density at radius 3 is 1.44 bits per heavy atom. The highest BCUT2D eigenvalue weighted by Gasteiger charge is 2.19. The molecule has 10 rings (SSSR count). The van der Waals surface area contributed by atoms with Crippen molar-refractivity contribution in [3.05, 3.63) is 289 Å². The number of nitrogens with zero attached hydrogens (tertiary/aromatic N) is 1. The van der Waals surface area contributed by atoms with Gasteiger partial charge < -0.3 is 4.90 Å². The number of hydrogen-bond acceptors (Lipinski definition) is 1. The summed E-state index contributed by atoms with van der Waals surface area (Å²) in [5, 5.41) is 0. The number of anilines is 2. The lowest BCUT2D eigenvalue weighted by atomic mass is 9.85. The lowest BCUT2D eigenvalue weighted by Crippen LogP contribution is -2.27. The molecule has 2 aliphatic carbocycles. The van der Waals surface area contributed by atoms with Crippen molar-refractivity contribution in [2.45, 2.75) is 44.1 Å². The lowest BCUT2D eigenvalue weighted by Gasteiger charge is -2.30. The summed E-state index contributed by atoms with van der Waals surface area (Å²) < 4.78 is 0. The van der Waals surface area contributed by atoms with Gasteiger partial charge in [-0.25, -0.2) is 0 Å². The smallest absolute Gasteiger partial charge is 0.0712 e. The van der Waals surface area contributed by atoms with Gasteiger partial charge in [0.15, 0.2) is 0 Å². The van der Waals surface area contributed by atoms with Gasteiger partial charge in [0, 0.05) is 11.4 Å². The van der Waals surface area contributed by atoms with E-state index < -0.39 is 0 Å². The van der Waals surface area contributed by atoms with E-state index in [2.05, 4.69) is 266 Å². The molecule has 2 atom stereocenters. The molecule has 0 bridgehead atoms. The zero-order valence-electron chi connectivity index (χ0n) is 37.5. The summed E-state index contributed by atoms with van der Waals surface area (Å²) in [6, 6.07) is 77.9. The van der Waals surface area contributed by atoms with Crippen LogP contribution in [-0.4, -0.2) is 6.04 Å². The van der Waals surface area contributed by atoms with E-state index in [1.807, 2.05) is 0 Å². The zero-order chi connectivity index (χ0) is 44.3. The van der Waals surface area contributed by atoms with Crippen LogP contribution >= 0.6 is 0 Å². The predicted molar refractivity (Wildman–Crippen MR) is 282 cm³/mol. The minimum Gasteiger partial charge on any atom is -0.331 e. The molecule has 1 heteroatoms. The molecule has 0 fully saturated rings. The van der Waals surface area contributed by atoms with Gasteiger partial charge in [0.05, 0.1) is 6.04 Å². The normalized spacial score (nSPS) is 14.8. The maximum absolute atomic E-state index is 2.43. The summed E-state index contributed by atoms with van der Waals surface area (Å²) >= 11 is 0. The standard InChI is InChI=1S/C65H55N/c1-5-14-51(15-6-1)55-22-13-23-63(43-38-55)66(64-44-39-59(40-45-64)54-20-11-4-12-21-54)65-46-41-60(42-47-65)57-29-24-49(25-30-57)26-33-62(61-36-34-58(35-37-61)53-18-9-3-10-19-53)48-50-27-31-56(32-28-50)52-16-7-2-8-17-52/h1-9,11-18,20-25,27-32,34-47,62-63H,10,19,26,33,48H2. The third-order valence-corrected chi connectivity index (χ3v) is 13.2. The van der Waals surface area contributed by atoms with Gasteiger partial charge in [-0.2, -0.15) is 0 Å². The van der Waals surface area contributed by atoms with Crippen molar-refractivity contribution in [3.63, 3.8) is 0 Å². The summed E-state index contributed by atoms with van der Waals surface area (Å²) in [7, 11) is 0. The summed E-state index contributed by atoms with van der Waals surface area (Å²) in [6.07, 6.45) is 23.3. The van der Waals surface area contributed by atoms with E-state index in [1.165, 1.54) is 72.3 Å². The number of allylic oxidation sites excluding steroid dienone is 8. The van der Waals surface area contributed by atoms with Crippen molar-refractivity contribution < 1.29 is 0 Å². The van der Waals surface area contributed by atoms with Crippen LogP contribution in [0.15, 0.2) is 261 Å². The van der Waals surface area contributed by atoms with E-state index >= 15 is 0 Å². The largest absolute Gasteiger partial charge is 0.331 e. The maximum Gasteiger partial charge on any atom is 0.0712 e. The molecule has 8 aromatic rings. The molecule has 320 valence electrons. The number of aryl methyl sites for hydroxylation is 1. The van der Waals surface area contributed by atoms with Gasteiger partial charge in [-0.3, -0.25) is 0 Å². The van der Waals surface area contributed by atoms with Crippen LogP contribution in [0.1, 0.15) is 53.0 Å². The first-order chi connectivity index (χ1) is 32.7. The van der Waals surface area contributed by atoms with E-state index in [-0.39, 0.29) is 6.04 Å². The van der Waals surface area contributed by atoms with Gasteiger partial charge in [-0.1, -0.05) is 237 Å². The third-order valence-electron chi connectivity index (χ3n) is 13.2. The summed E-state index contributed by atoms with van der Waals surface area (Å²) in [6.45, 7) is 0. The van der Waals surface area contributed by atoms with Crippen molar-refractivity contribution in [1.82, 2.24) is 0 Å². The van der Waals surface area contributed by atoms with E-state index in [1.54, 1.807) is 0 Å². The van der Waals surface area contributed by atoms with E-state index in [4.69, 9.17) is 0 Å². The van der Waals surface area contributed by atoms with Crippen LogP contribution in [0, 0.1) is 0 Å². The van der Waals surface area contributed by atoms with Gasteiger partial charge in [0.2, 0.25) is 0 Å². The zero-order valence-corrected chi connectivity index (χ0v) is 37.5. The minimum absolute atomic E-state index is 0.0253. The summed E-state index contributed by atoms with van der Waals surface area (Å²) in [5.74, 6) is 0.408. The van der Waals surface area contributed by atoms with E-state index in [0.717, 1.165) is 43.5 Å². The van der Waals surface area contributed by atoms with Crippen LogP contribution in [0.2, 0.25) is 0 Å². The minimum atomic E-state index is 0.0253. The predicted octanol–water partition coefficient (Wildman–Crippen LogP) is 17.1. The first-order valence-corrected chi connectivity index (χ1v) is 23.6. The molecule has 8 aromatic carbocycles. The molecule has 0 amide bonds. The van der Waals surface area contributed by atoms with Crippen LogP contribution in [0.3, 0.4) is 0 Å². The third kappa shape index (κ3) is 10.1. The van der Waals surface area contributed by atoms with Crippen LogP contribution in [0.5, 0.6) is 0 Å². The highest BCUT2D eigenvalue weighted by atomic mass is 15.2. The summed E-state index contributed by atoms with van der Waals surface area (Å²) in [4.78, 5) is 2.43. The van der Waals surface area contributed by atoms with Crippen molar-refractivity contribution in [2.24, 2.45) is 0 Å².